The maximum Gasteiger partial charge on any atom is 0.139 e. The van der Waals surface area contributed by atoms with Crippen molar-refractivity contribution in [3.8, 4) is 0 Å². The monoisotopic (exact) mass is 224 g/mol. The maximum absolute atomic E-state index is 8.38. The second-order valence-corrected chi connectivity index (χ2v) is 4.60. The molecule has 0 saturated carbocycles. The predicted octanol–water partition coefficient (Wildman–Crippen LogP) is 2.53. The lowest BCUT2D eigenvalue weighted by atomic mass is 10.2. The minimum Gasteiger partial charge on any atom is -0.409 e. The molecule has 0 radical (unpaired) electrons. The Balaban J connectivity index is 2.54. The van der Waals surface area contributed by atoms with Crippen molar-refractivity contribution < 1.29 is 5.21 Å². The van der Waals surface area contributed by atoms with Crippen LogP contribution < -0.4 is 5.73 Å². The molecule has 3 N–H and O–H groups in total. The molecule has 0 atom stereocenters. The van der Waals surface area contributed by atoms with Crippen LogP contribution in [-0.2, 0) is 0 Å². The largest absolute Gasteiger partial charge is 0.409 e. The van der Waals surface area contributed by atoms with E-state index in [4.69, 9.17) is 10.9 Å². The lowest BCUT2D eigenvalue weighted by Crippen LogP contribution is -2.12. The number of thioether (sulfide) groups is 1. The fourth-order valence-electron chi connectivity index (χ4n) is 1.18. The first kappa shape index (κ1) is 11.9. The van der Waals surface area contributed by atoms with Gasteiger partial charge in [-0.3, -0.25) is 0 Å². The first-order chi connectivity index (χ1) is 7.13. The molecule has 0 fully saturated rings. The molecule has 0 saturated heterocycles. The number of hydrogen-bond acceptors (Lipinski definition) is 3. The van der Waals surface area contributed by atoms with Gasteiger partial charge in [0.2, 0.25) is 0 Å². The predicted molar refractivity (Wildman–Crippen MR) is 64.7 cm³/mol. The molecule has 1 rings (SSSR count). The van der Waals surface area contributed by atoms with Gasteiger partial charge in [-0.05, 0) is 25.5 Å². The molecule has 0 aliphatic heterocycles. The van der Waals surface area contributed by atoms with Crippen LogP contribution in [0, 0.1) is 13.8 Å². The lowest BCUT2D eigenvalue weighted by molar-refractivity contribution is 0.317. The Hall–Kier alpha value is -1.16. The Morgan fingerprint density at radius 1 is 1.47 bits per heavy atom. The molecule has 82 valence electrons. The topological polar surface area (TPSA) is 58.6 Å². The van der Waals surface area contributed by atoms with E-state index in [-0.39, 0.29) is 5.84 Å². The Bertz CT molecular complexity index is 364. The third-order valence-corrected chi connectivity index (χ3v) is 3.25. The highest BCUT2D eigenvalue weighted by Gasteiger charge is 2.00. The average molecular weight is 224 g/mol. The van der Waals surface area contributed by atoms with Gasteiger partial charge in [-0.15, -0.1) is 11.8 Å². The third kappa shape index (κ3) is 3.83. The van der Waals surface area contributed by atoms with Crippen molar-refractivity contribution in [2.24, 2.45) is 10.9 Å². The molecule has 0 spiro atoms. The number of oxime groups is 1. The van der Waals surface area contributed by atoms with Gasteiger partial charge < -0.3 is 10.9 Å². The molecule has 0 bridgehead atoms. The Kier molecular flexibility index (Phi) is 4.49. The number of rotatable bonds is 4. The first-order valence-electron chi connectivity index (χ1n) is 4.80. The summed E-state index contributed by atoms with van der Waals surface area (Å²) in [6, 6.07) is 6.37. The molecule has 0 aliphatic carbocycles. The SMILES string of the molecule is Cc1ccc(C)c(SCC/C(N)=N/O)c1. The van der Waals surface area contributed by atoms with E-state index in [0.29, 0.717) is 6.42 Å². The fourth-order valence-corrected chi connectivity index (χ4v) is 2.27. The molecule has 15 heavy (non-hydrogen) atoms. The lowest BCUT2D eigenvalue weighted by Gasteiger charge is -2.06. The minimum absolute atomic E-state index is 0.285. The van der Waals surface area contributed by atoms with Gasteiger partial charge in [0.15, 0.2) is 0 Å². The van der Waals surface area contributed by atoms with Crippen LogP contribution in [0.3, 0.4) is 0 Å². The van der Waals surface area contributed by atoms with Crippen LogP contribution in [0.2, 0.25) is 0 Å². The Labute approximate surface area is 94.4 Å². The summed E-state index contributed by atoms with van der Waals surface area (Å²) in [4.78, 5) is 1.26. The molecule has 3 nitrogen and oxygen atoms in total. The highest BCUT2D eigenvalue weighted by molar-refractivity contribution is 7.99. The fraction of sp³-hybridized carbons (Fsp3) is 0.364. The summed E-state index contributed by atoms with van der Waals surface area (Å²) < 4.78 is 0. The van der Waals surface area contributed by atoms with Crippen molar-refractivity contribution in [3.63, 3.8) is 0 Å². The number of amidine groups is 1. The number of benzene rings is 1. The van der Waals surface area contributed by atoms with E-state index in [2.05, 4.69) is 37.2 Å². The number of aryl methyl sites for hydroxylation is 2. The summed E-state index contributed by atoms with van der Waals surface area (Å²) in [5.74, 6) is 1.12. The quantitative estimate of drug-likeness (QED) is 0.272. The normalized spacial score (nSPS) is 11.7. The summed E-state index contributed by atoms with van der Waals surface area (Å²) in [7, 11) is 0. The zero-order valence-electron chi connectivity index (χ0n) is 9.03. The maximum atomic E-state index is 8.38. The first-order valence-corrected chi connectivity index (χ1v) is 5.78. The second kappa shape index (κ2) is 5.66. The molecular weight excluding hydrogens is 208 g/mol. The van der Waals surface area contributed by atoms with Crippen LogP contribution in [0.15, 0.2) is 28.3 Å². The van der Waals surface area contributed by atoms with Crippen molar-refractivity contribution in [1.29, 1.82) is 0 Å². The Morgan fingerprint density at radius 2 is 2.20 bits per heavy atom. The van der Waals surface area contributed by atoms with Gasteiger partial charge in [0.05, 0.1) is 0 Å². The van der Waals surface area contributed by atoms with Crippen LogP contribution in [0.4, 0.5) is 0 Å². The van der Waals surface area contributed by atoms with E-state index in [1.807, 2.05) is 0 Å². The molecule has 0 aromatic heterocycles. The molecule has 4 heteroatoms. The van der Waals surface area contributed by atoms with Gasteiger partial charge in [0.25, 0.3) is 0 Å². The molecule has 0 unspecified atom stereocenters. The van der Waals surface area contributed by atoms with E-state index < -0.39 is 0 Å². The van der Waals surface area contributed by atoms with E-state index in [0.717, 1.165) is 5.75 Å². The molecule has 0 heterocycles. The van der Waals surface area contributed by atoms with Crippen LogP contribution in [0.25, 0.3) is 0 Å². The summed E-state index contributed by atoms with van der Waals surface area (Å²) >= 11 is 1.73. The summed E-state index contributed by atoms with van der Waals surface area (Å²) in [5, 5.41) is 11.3. The average Bonchev–Trinajstić information content (AvgIpc) is 2.23. The third-order valence-electron chi connectivity index (χ3n) is 2.09. The smallest absolute Gasteiger partial charge is 0.139 e. The molecule has 0 amide bonds. The number of hydrogen-bond donors (Lipinski definition) is 2. The number of nitrogens with two attached hydrogens (primary N) is 1. The van der Waals surface area contributed by atoms with Gasteiger partial charge in [-0.25, -0.2) is 0 Å². The van der Waals surface area contributed by atoms with Crippen LogP contribution in [-0.4, -0.2) is 16.8 Å². The van der Waals surface area contributed by atoms with Crippen molar-refractivity contribution in [2.45, 2.75) is 25.2 Å². The zero-order chi connectivity index (χ0) is 11.3. The zero-order valence-corrected chi connectivity index (χ0v) is 9.84. The summed E-state index contributed by atoms with van der Waals surface area (Å²) in [6.45, 7) is 4.16. The second-order valence-electron chi connectivity index (χ2n) is 3.46. The minimum atomic E-state index is 0.285. The van der Waals surface area contributed by atoms with Crippen LogP contribution in [0.1, 0.15) is 17.5 Å². The molecule has 1 aromatic carbocycles. The van der Waals surface area contributed by atoms with Gasteiger partial charge in [0, 0.05) is 17.1 Å². The van der Waals surface area contributed by atoms with Gasteiger partial charge in [0.1, 0.15) is 5.84 Å². The van der Waals surface area contributed by atoms with Crippen molar-refractivity contribution in [3.05, 3.63) is 29.3 Å². The highest BCUT2D eigenvalue weighted by atomic mass is 32.2. The van der Waals surface area contributed by atoms with Crippen molar-refractivity contribution in [2.75, 3.05) is 5.75 Å². The molecule has 1 aromatic rings. The summed E-state index contributed by atoms with van der Waals surface area (Å²) in [6.07, 6.45) is 0.606. The molecular formula is C11H16N2OS. The van der Waals surface area contributed by atoms with Crippen LogP contribution in [0.5, 0.6) is 0 Å². The number of nitrogens with zero attached hydrogens (tertiary/aromatic N) is 1. The van der Waals surface area contributed by atoms with Gasteiger partial charge in [-0.2, -0.15) is 0 Å². The van der Waals surface area contributed by atoms with Crippen molar-refractivity contribution in [1.82, 2.24) is 0 Å². The van der Waals surface area contributed by atoms with E-state index in [9.17, 15) is 0 Å². The van der Waals surface area contributed by atoms with Crippen molar-refractivity contribution >= 4 is 17.6 Å². The van der Waals surface area contributed by atoms with E-state index in [1.54, 1.807) is 11.8 Å². The highest BCUT2D eigenvalue weighted by Crippen LogP contribution is 2.23. The van der Waals surface area contributed by atoms with E-state index >= 15 is 0 Å². The summed E-state index contributed by atoms with van der Waals surface area (Å²) in [5.41, 5.74) is 7.92. The van der Waals surface area contributed by atoms with E-state index in [1.165, 1.54) is 16.0 Å². The van der Waals surface area contributed by atoms with Crippen LogP contribution >= 0.6 is 11.8 Å². The van der Waals surface area contributed by atoms with Gasteiger partial charge >= 0.3 is 0 Å². The Morgan fingerprint density at radius 3 is 2.87 bits per heavy atom. The molecule has 0 aliphatic rings. The van der Waals surface area contributed by atoms with Gasteiger partial charge in [-0.1, -0.05) is 22.9 Å². The standard InChI is InChI=1S/C11H16N2OS/c1-8-3-4-9(2)10(7-8)15-6-5-11(12)13-14/h3-4,7,14H,5-6H2,1-2H3,(H2,12,13).